The summed E-state index contributed by atoms with van der Waals surface area (Å²) < 4.78 is 0. The molecule has 4 nitrogen and oxygen atoms in total. The molecule has 1 saturated carbocycles. The van der Waals surface area contributed by atoms with Crippen molar-refractivity contribution in [2.75, 3.05) is 0 Å². The molecular weight excluding hydrogens is 264 g/mol. The summed E-state index contributed by atoms with van der Waals surface area (Å²) in [6, 6.07) is 9.98. The van der Waals surface area contributed by atoms with E-state index >= 15 is 0 Å². The fraction of sp³-hybridized carbons (Fsp3) is 0.529. The monoisotopic (exact) mass is 286 g/mol. The normalized spacial score (nSPS) is 23.8. The number of rotatable bonds is 4. The third-order valence-corrected chi connectivity index (χ3v) is 4.65. The second-order valence-electron chi connectivity index (χ2n) is 6.30. The van der Waals surface area contributed by atoms with Gasteiger partial charge in [-0.2, -0.15) is 0 Å². The number of amides is 2. The molecule has 2 fully saturated rings. The molecule has 0 unspecified atom stereocenters. The van der Waals surface area contributed by atoms with Gasteiger partial charge in [-0.25, -0.2) is 0 Å². The van der Waals surface area contributed by atoms with E-state index in [9.17, 15) is 9.59 Å². The third-order valence-electron chi connectivity index (χ3n) is 4.65. The minimum atomic E-state index is -0.342. The highest BCUT2D eigenvalue weighted by atomic mass is 16.2. The van der Waals surface area contributed by atoms with Gasteiger partial charge in [0.05, 0.1) is 0 Å². The predicted molar refractivity (Wildman–Crippen MR) is 80.7 cm³/mol. The molecule has 1 saturated heterocycles. The lowest BCUT2D eigenvalue weighted by atomic mass is 9.88. The molecule has 21 heavy (non-hydrogen) atoms. The van der Waals surface area contributed by atoms with Gasteiger partial charge < -0.3 is 10.6 Å². The quantitative estimate of drug-likeness (QED) is 0.888. The molecule has 2 amide bonds. The summed E-state index contributed by atoms with van der Waals surface area (Å²) in [4.78, 5) is 23.7. The van der Waals surface area contributed by atoms with Crippen LogP contribution in [-0.4, -0.2) is 23.4 Å². The largest absolute Gasteiger partial charge is 0.349 e. The van der Waals surface area contributed by atoms with Crippen LogP contribution in [0.5, 0.6) is 0 Å². The summed E-state index contributed by atoms with van der Waals surface area (Å²) in [5.41, 5.74) is 1.13. The number of nitrogens with one attached hydrogen (secondary N) is 2. The molecule has 0 bridgehead atoms. The highest BCUT2D eigenvalue weighted by Crippen LogP contribution is 2.33. The highest BCUT2D eigenvalue weighted by molar-refractivity contribution is 5.91. The SMILES string of the molecule is O=C1CC[C@H](C(=O)NC2(Cc3ccccc3)CCCC2)N1. The Kier molecular flexibility index (Phi) is 3.95. The first-order valence-corrected chi connectivity index (χ1v) is 7.82. The Balaban J connectivity index is 1.69. The Labute approximate surface area is 125 Å². The first-order valence-electron chi connectivity index (χ1n) is 7.82. The van der Waals surface area contributed by atoms with E-state index in [1.807, 2.05) is 18.2 Å². The maximum absolute atomic E-state index is 12.4. The van der Waals surface area contributed by atoms with Crippen LogP contribution in [-0.2, 0) is 16.0 Å². The van der Waals surface area contributed by atoms with E-state index in [2.05, 4.69) is 22.8 Å². The molecule has 2 N–H and O–H groups in total. The Morgan fingerprint density at radius 2 is 1.95 bits per heavy atom. The molecule has 0 radical (unpaired) electrons. The van der Waals surface area contributed by atoms with Gasteiger partial charge in [-0.15, -0.1) is 0 Å². The van der Waals surface area contributed by atoms with E-state index in [1.54, 1.807) is 0 Å². The van der Waals surface area contributed by atoms with Crippen molar-refractivity contribution in [3.8, 4) is 0 Å². The first-order chi connectivity index (χ1) is 10.2. The Bertz CT molecular complexity index is 521. The molecule has 1 aliphatic carbocycles. The van der Waals surface area contributed by atoms with Crippen LogP contribution >= 0.6 is 0 Å². The minimum Gasteiger partial charge on any atom is -0.349 e. The molecule has 1 heterocycles. The summed E-state index contributed by atoms with van der Waals surface area (Å²) >= 11 is 0. The molecule has 1 aromatic carbocycles. The van der Waals surface area contributed by atoms with Crippen LogP contribution in [0.3, 0.4) is 0 Å². The number of carbonyl (C=O) groups is 2. The fourth-order valence-corrected chi connectivity index (χ4v) is 3.54. The molecule has 1 atom stereocenters. The van der Waals surface area contributed by atoms with Crippen molar-refractivity contribution >= 4 is 11.8 Å². The van der Waals surface area contributed by atoms with Crippen molar-refractivity contribution in [2.45, 2.75) is 56.5 Å². The van der Waals surface area contributed by atoms with Gasteiger partial charge in [0, 0.05) is 12.0 Å². The molecule has 3 rings (SSSR count). The van der Waals surface area contributed by atoms with E-state index < -0.39 is 0 Å². The maximum atomic E-state index is 12.4. The number of carbonyl (C=O) groups excluding carboxylic acids is 2. The summed E-state index contributed by atoms with van der Waals surface area (Å²) in [5.74, 6) is -0.0302. The molecule has 1 aliphatic heterocycles. The van der Waals surface area contributed by atoms with Crippen LogP contribution in [0.25, 0.3) is 0 Å². The van der Waals surface area contributed by atoms with Gasteiger partial charge in [-0.1, -0.05) is 43.2 Å². The van der Waals surface area contributed by atoms with Gasteiger partial charge in [0.1, 0.15) is 6.04 Å². The van der Waals surface area contributed by atoms with Gasteiger partial charge >= 0.3 is 0 Å². The van der Waals surface area contributed by atoms with Gasteiger partial charge in [0.2, 0.25) is 11.8 Å². The molecular formula is C17H22N2O2. The lowest BCUT2D eigenvalue weighted by Gasteiger charge is -2.32. The van der Waals surface area contributed by atoms with Crippen molar-refractivity contribution in [3.05, 3.63) is 35.9 Å². The van der Waals surface area contributed by atoms with Gasteiger partial charge in [0.15, 0.2) is 0 Å². The lowest BCUT2D eigenvalue weighted by Crippen LogP contribution is -2.53. The zero-order chi connectivity index (χ0) is 14.7. The van der Waals surface area contributed by atoms with Crippen molar-refractivity contribution in [3.63, 3.8) is 0 Å². The van der Waals surface area contributed by atoms with Crippen LogP contribution in [0.15, 0.2) is 30.3 Å². The summed E-state index contributed by atoms with van der Waals surface area (Å²) in [6.07, 6.45) is 6.31. The highest BCUT2D eigenvalue weighted by Gasteiger charge is 2.38. The Hall–Kier alpha value is -1.84. The fourth-order valence-electron chi connectivity index (χ4n) is 3.54. The predicted octanol–water partition coefficient (Wildman–Crippen LogP) is 1.94. The van der Waals surface area contributed by atoms with Crippen molar-refractivity contribution in [1.29, 1.82) is 0 Å². The smallest absolute Gasteiger partial charge is 0.243 e. The number of benzene rings is 1. The van der Waals surface area contributed by atoms with Crippen molar-refractivity contribution < 1.29 is 9.59 Å². The van der Waals surface area contributed by atoms with E-state index in [4.69, 9.17) is 0 Å². The standard InChI is InChI=1S/C17H22N2O2/c20-15-9-8-14(18-15)16(21)19-17(10-4-5-11-17)12-13-6-2-1-3-7-13/h1-3,6-7,14H,4-5,8-12H2,(H,18,20)(H,19,21)/t14-/m1/s1. The lowest BCUT2D eigenvalue weighted by molar-refractivity contribution is -0.127. The second-order valence-corrected chi connectivity index (χ2v) is 6.30. The van der Waals surface area contributed by atoms with E-state index in [1.165, 1.54) is 5.56 Å². The van der Waals surface area contributed by atoms with Crippen LogP contribution in [0, 0.1) is 0 Å². The van der Waals surface area contributed by atoms with Crippen LogP contribution in [0.4, 0.5) is 0 Å². The molecule has 0 spiro atoms. The van der Waals surface area contributed by atoms with E-state index in [-0.39, 0.29) is 23.4 Å². The van der Waals surface area contributed by atoms with Crippen molar-refractivity contribution in [1.82, 2.24) is 10.6 Å². The summed E-state index contributed by atoms with van der Waals surface area (Å²) in [5, 5.41) is 6.01. The maximum Gasteiger partial charge on any atom is 0.243 e. The molecule has 2 aliphatic rings. The number of hydrogen-bond acceptors (Lipinski definition) is 2. The Morgan fingerprint density at radius 3 is 2.57 bits per heavy atom. The van der Waals surface area contributed by atoms with Gasteiger partial charge in [0.25, 0.3) is 0 Å². The van der Waals surface area contributed by atoms with Gasteiger partial charge in [-0.05, 0) is 31.2 Å². The van der Waals surface area contributed by atoms with Crippen LogP contribution in [0.2, 0.25) is 0 Å². The number of hydrogen-bond donors (Lipinski definition) is 2. The third kappa shape index (κ3) is 3.26. The molecule has 1 aromatic rings. The summed E-state index contributed by atoms with van der Waals surface area (Å²) in [6.45, 7) is 0. The minimum absolute atomic E-state index is 0.0151. The van der Waals surface area contributed by atoms with Crippen LogP contribution < -0.4 is 10.6 Å². The summed E-state index contributed by atoms with van der Waals surface area (Å²) in [7, 11) is 0. The van der Waals surface area contributed by atoms with E-state index in [0.29, 0.717) is 12.8 Å². The molecule has 4 heteroatoms. The second kappa shape index (κ2) is 5.88. The average molecular weight is 286 g/mol. The average Bonchev–Trinajstić information content (AvgIpc) is 3.10. The van der Waals surface area contributed by atoms with Gasteiger partial charge in [-0.3, -0.25) is 9.59 Å². The zero-order valence-corrected chi connectivity index (χ0v) is 12.2. The van der Waals surface area contributed by atoms with Crippen molar-refractivity contribution in [2.24, 2.45) is 0 Å². The van der Waals surface area contributed by atoms with E-state index in [0.717, 1.165) is 32.1 Å². The zero-order valence-electron chi connectivity index (χ0n) is 12.2. The Morgan fingerprint density at radius 1 is 1.24 bits per heavy atom. The first kappa shape index (κ1) is 14.1. The topological polar surface area (TPSA) is 58.2 Å². The molecule has 112 valence electrons. The van der Waals surface area contributed by atoms with Crippen LogP contribution in [0.1, 0.15) is 44.1 Å². The molecule has 0 aromatic heterocycles.